The fourth-order valence-corrected chi connectivity index (χ4v) is 3.62. The Hall–Kier alpha value is -2.52. The van der Waals surface area contributed by atoms with E-state index in [2.05, 4.69) is 30.5 Å². The van der Waals surface area contributed by atoms with Gasteiger partial charge in [0.05, 0.1) is 40.5 Å². The highest BCUT2D eigenvalue weighted by atomic mass is 35.5. The number of hydrogen-bond donors (Lipinski definition) is 1. The smallest absolute Gasteiger partial charge is 0.275 e. The summed E-state index contributed by atoms with van der Waals surface area (Å²) in [5, 5.41) is 13.1. The molecule has 0 bridgehead atoms. The molecule has 2 heterocycles. The van der Waals surface area contributed by atoms with Gasteiger partial charge in [-0.2, -0.15) is 20.1 Å². The Balaban J connectivity index is 1.59. The number of benzene rings is 2. The minimum Gasteiger partial charge on any atom is -0.378 e. The van der Waals surface area contributed by atoms with E-state index in [4.69, 9.17) is 39.5 Å². The van der Waals surface area contributed by atoms with E-state index in [9.17, 15) is 0 Å². The van der Waals surface area contributed by atoms with Crippen LogP contribution in [0.5, 0.6) is 0 Å². The number of ether oxygens (including phenoxy) is 1. The molecule has 11 heteroatoms. The third-order valence-corrected chi connectivity index (χ3v) is 5.73. The van der Waals surface area contributed by atoms with E-state index in [0.717, 1.165) is 11.1 Å². The minimum absolute atomic E-state index is 0.187. The molecule has 0 aliphatic carbocycles. The molecule has 1 N–H and O–H groups in total. The van der Waals surface area contributed by atoms with Crippen molar-refractivity contribution in [1.29, 1.82) is 0 Å². The molecular weight excluding hydrogens is 473 g/mol. The van der Waals surface area contributed by atoms with Crippen LogP contribution in [0.15, 0.2) is 46.6 Å². The van der Waals surface area contributed by atoms with Crippen LogP contribution in [0, 0.1) is 6.92 Å². The van der Waals surface area contributed by atoms with Crippen molar-refractivity contribution in [2.24, 2.45) is 10.2 Å². The first kappa shape index (κ1) is 22.7. The lowest BCUT2D eigenvalue weighted by atomic mass is 10.2. The Kier molecular flexibility index (Phi) is 7.36. The summed E-state index contributed by atoms with van der Waals surface area (Å²) in [6, 6.07) is 11.0. The number of nitrogens with zero attached hydrogens (tertiary/aromatic N) is 6. The van der Waals surface area contributed by atoms with E-state index in [-0.39, 0.29) is 5.95 Å². The summed E-state index contributed by atoms with van der Waals surface area (Å²) in [5.41, 5.74) is 2.62. The van der Waals surface area contributed by atoms with Crippen molar-refractivity contribution < 1.29 is 4.74 Å². The highest BCUT2D eigenvalue weighted by Crippen LogP contribution is 2.27. The Labute approximate surface area is 200 Å². The van der Waals surface area contributed by atoms with Crippen LogP contribution in [0.3, 0.4) is 0 Å². The first-order valence-electron chi connectivity index (χ1n) is 9.91. The molecular formula is C21H20Cl3N7O. The molecule has 0 unspecified atom stereocenters. The maximum absolute atomic E-state index is 6.36. The summed E-state index contributed by atoms with van der Waals surface area (Å²) < 4.78 is 5.43. The number of hydrogen-bond acceptors (Lipinski definition) is 8. The van der Waals surface area contributed by atoms with E-state index < -0.39 is 0 Å². The average Bonchev–Trinajstić information content (AvgIpc) is 2.79. The number of halogens is 3. The van der Waals surface area contributed by atoms with Gasteiger partial charge in [-0.05, 0) is 42.3 Å². The molecule has 0 radical (unpaired) electrons. The maximum atomic E-state index is 6.36. The van der Waals surface area contributed by atoms with Crippen LogP contribution in [-0.2, 0) is 11.3 Å². The van der Waals surface area contributed by atoms with Gasteiger partial charge in [0, 0.05) is 13.1 Å². The van der Waals surface area contributed by atoms with Gasteiger partial charge in [-0.25, -0.2) is 0 Å². The zero-order valence-corrected chi connectivity index (χ0v) is 19.5. The molecule has 1 saturated heterocycles. The molecule has 0 atom stereocenters. The Morgan fingerprint density at radius 3 is 2.53 bits per heavy atom. The molecule has 4 rings (SSSR count). The quantitative estimate of drug-likeness (QED) is 0.424. The van der Waals surface area contributed by atoms with Crippen molar-refractivity contribution in [3.8, 4) is 0 Å². The Morgan fingerprint density at radius 2 is 1.78 bits per heavy atom. The van der Waals surface area contributed by atoms with Crippen molar-refractivity contribution in [3.63, 3.8) is 0 Å². The molecule has 3 aromatic rings. The second kappa shape index (κ2) is 10.4. The zero-order valence-electron chi connectivity index (χ0n) is 17.2. The number of anilines is 3. The number of aryl methyl sites for hydroxylation is 1. The molecule has 166 valence electrons. The van der Waals surface area contributed by atoms with Gasteiger partial charge in [0.1, 0.15) is 0 Å². The predicted molar refractivity (Wildman–Crippen MR) is 127 cm³/mol. The number of aromatic nitrogens is 3. The van der Waals surface area contributed by atoms with Crippen molar-refractivity contribution in [2.75, 3.05) is 36.5 Å². The largest absolute Gasteiger partial charge is 0.378 e. The van der Waals surface area contributed by atoms with Crippen LogP contribution in [0.1, 0.15) is 11.1 Å². The average molecular weight is 493 g/mol. The highest BCUT2D eigenvalue weighted by Gasteiger charge is 2.17. The molecule has 0 spiro atoms. The van der Waals surface area contributed by atoms with Crippen LogP contribution in [-0.4, -0.2) is 41.3 Å². The Morgan fingerprint density at radius 1 is 0.969 bits per heavy atom. The van der Waals surface area contributed by atoms with Crippen molar-refractivity contribution in [1.82, 2.24) is 15.0 Å². The van der Waals surface area contributed by atoms with Gasteiger partial charge in [0.25, 0.3) is 5.95 Å². The lowest BCUT2D eigenvalue weighted by Gasteiger charge is -2.26. The number of rotatable bonds is 6. The predicted octanol–water partition coefficient (Wildman–Crippen LogP) is 6.00. The van der Waals surface area contributed by atoms with E-state index in [1.807, 2.05) is 36.1 Å². The summed E-state index contributed by atoms with van der Waals surface area (Å²) in [4.78, 5) is 15.4. The molecule has 8 nitrogen and oxygen atoms in total. The van der Waals surface area contributed by atoms with Crippen LogP contribution in [0.4, 0.5) is 23.5 Å². The minimum atomic E-state index is 0.187. The van der Waals surface area contributed by atoms with E-state index in [1.54, 1.807) is 12.1 Å². The first-order valence-corrected chi connectivity index (χ1v) is 11.0. The lowest BCUT2D eigenvalue weighted by Crippen LogP contribution is -2.37. The zero-order chi connectivity index (χ0) is 22.5. The van der Waals surface area contributed by atoms with Gasteiger partial charge in [0.15, 0.2) is 0 Å². The molecule has 0 amide bonds. The molecule has 1 aliphatic heterocycles. The van der Waals surface area contributed by atoms with E-state index in [1.165, 1.54) is 0 Å². The number of morpholine rings is 1. The van der Waals surface area contributed by atoms with Crippen LogP contribution in [0.25, 0.3) is 0 Å². The van der Waals surface area contributed by atoms with Gasteiger partial charge in [-0.1, -0.05) is 46.9 Å². The number of nitrogens with one attached hydrogen (secondary N) is 1. The van der Waals surface area contributed by atoms with Crippen LogP contribution < -0.4 is 10.2 Å². The van der Waals surface area contributed by atoms with Gasteiger partial charge in [-0.3, -0.25) is 0 Å². The SMILES string of the molecule is Cc1ccc(Nc2nc(N=NCc3ccc(Cl)c(Cl)c3)nc(N3CCOCC3)n2)c(Cl)c1. The Bertz CT molecular complexity index is 1140. The standard InChI is InChI=1S/C21H20Cl3N7O/c1-13-2-5-18(17(24)10-13)26-19-27-20(29-21(28-19)31-6-8-32-9-7-31)30-25-12-14-3-4-15(22)16(23)11-14/h2-5,10-11H,6-9,12H2,1H3,(H,26,27,28,29). The van der Waals surface area contributed by atoms with Gasteiger partial charge < -0.3 is 15.0 Å². The van der Waals surface area contributed by atoms with Crippen LogP contribution in [0.2, 0.25) is 15.1 Å². The van der Waals surface area contributed by atoms with Crippen molar-refractivity contribution in [2.45, 2.75) is 13.5 Å². The normalized spacial score (nSPS) is 14.2. The molecule has 1 aliphatic rings. The molecule has 2 aromatic carbocycles. The first-order chi connectivity index (χ1) is 15.5. The molecule has 1 fully saturated rings. The van der Waals surface area contributed by atoms with E-state index in [0.29, 0.717) is 65.5 Å². The molecule has 1 aromatic heterocycles. The maximum Gasteiger partial charge on any atom is 0.275 e. The summed E-state index contributed by atoms with van der Waals surface area (Å²) in [5.74, 6) is 1.01. The lowest BCUT2D eigenvalue weighted by molar-refractivity contribution is 0.122. The second-order valence-electron chi connectivity index (χ2n) is 7.11. The fraction of sp³-hybridized carbons (Fsp3) is 0.286. The highest BCUT2D eigenvalue weighted by molar-refractivity contribution is 6.42. The third-order valence-electron chi connectivity index (χ3n) is 4.67. The van der Waals surface area contributed by atoms with Crippen LogP contribution >= 0.6 is 34.8 Å². The van der Waals surface area contributed by atoms with Crippen molar-refractivity contribution >= 4 is 58.3 Å². The summed E-state index contributed by atoms with van der Waals surface area (Å²) in [7, 11) is 0. The van der Waals surface area contributed by atoms with Gasteiger partial charge >= 0.3 is 0 Å². The molecule has 32 heavy (non-hydrogen) atoms. The topological polar surface area (TPSA) is 87.9 Å². The third kappa shape index (κ3) is 5.83. The second-order valence-corrected chi connectivity index (χ2v) is 8.34. The number of azo groups is 1. The monoisotopic (exact) mass is 491 g/mol. The molecule has 0 saturated carbocycles. The van der Waals surface area contributed by atoms with Gasteiger partial charge in [0.2, 0.25) is 11.9 Å². The van der Waals surface area contributed by atoms with Crippen molar-refractivity contribution in [3.05, 3.63) is 62.6 Å². The fourth-order valence-electron chi connectivity index (χ4n) is 3.02. The summed E-state index contributed by atoms with van der Waals surface area (Å²) in [6.45, 7) is 4.84. The summed E-state index contributed by atoms with van der Waals surface area (Å²) >= 11 is 18.4. The van der Waals surface area contributed by atoms with Gasteiger partial charge in [-0.15, -0.1) is 5.11 Å². The van der Waals surface area contributed by atoms with E-state index >= 15 is 0 Å². The summed E-state index contributed by atoms with van der Waals surface area (Å²) in [6.07, 6.45) is 0.